The Morgan fingerprint density at radius 3 is 2.67 bits per heavy atom. The van der Waals surface area contributed by atoms with E-state index in [4.69, 9.17) is 4.74 Å². The van der Waals surface area contributed by atoms with Crippen molar-refractivity contribution in [2.75, 3.05) is 13.2 Å². The Morgan fingerprint density at radius 1 is 1.24 bits per heavy atom. The largest absolute Gasteiger partial charge is 0.374 e. The van der Waals surface area contributed by atoms with Crippen molar-refractivity contribution < 1.29 is 4.74 Å². The SMILES string of the molecule is CCCNC(Cc1ccc(C)c(C)c1)C1(C)CCCCO1. The fraction of sp³-hybridized carbons (Fsp3) is 0.684. The number of benzene rings is 1. The predicted molar refractivity (Wildman–Crippen MR) is 89.9 cm³/mol. The molecule has 0 amide bonds. The molecule has 21 heavy (non-hydrogen) atoms. The van der Waals surface area contributed by atoms with Gasteiger partial charge in [0, 0.05) is 12.6 Å². The lowest BCUT2D eigenvalue weighted by Crippen LogP contribution is -2.53. The number of rotatable bonds is 6. The van der Waals surface area contributed by atoms with Crippen molar-refractivity contribution >= 4 is 0 Å². The van der Waals surface area contributed by atoms with Crippen LogP contribution < -0.4 is 5.32 Å². The Hall–Kier alpha value is -0.860. The second-order valence-corrected chi connectivity index (χ2v) is 6.75. The van der Waals surface area contributed by atoms with Gasteiger partial charge in [0.25, 0.3) is 0 Å². The minimum Gasteiger partial charge on any atom is -0.374 e. The van der Waals surface area contributed by atoms with Gasteiger partial charge in [-0.25, -0.2) is 0 Å². The third-order valence-electron chi connectivity index (χ3n) is 4.89. The lowest BCUT2D eigenvalue weighted by Gasteiger charge is -2.41. The summed E-state index contributed by atoms with van der Waals surface area (Å²) in [6, 6.07) is 7.25. The monoisotopic (exact) mass is 289 g/mol. The van der Waals surface area contributed by atoms with Crippen molar-refractivity contribution in [3.8, 4) is 0 Å². The zero-order valence-corrected chi connectivity index (χ0v) is 14.2. The van der Waals surface area contributed by atoms with Crippen LogP contribution in [0, 0.1) is 13.8 Å². The van der Waals surface area contributed by atoms with Crippen molar-refractivity contribution in [2.24, 2.45) is 0 Å². The van der Waals surface area contributed by atoms with Crippen molar-refractivity contribution in [1.29, 1.82) is 0 Å². The van der Waals surface area contributed by atoms with Gasteiger partial charge in [-0.3, -0.25) is 0 Å². The van der Waals surface area contributed by atoms with E-state index in [9.17, 15) is 0 Å². The normalized spacial score (nSPS) is 24.0. The molecule has 1 aliphatic heterocycles. The Kier molecular flexibility index (Phi) is 5.83. The minimum atomic E-state index is -0.0216. The van der Waals surface area contributed by atoms with E-state index in [1.54, 1.807) is 0 Å². The molecule has 1 saturated heterocycles. The van der Waals surface area contributed by atoms with Gasteiger partial charge >= 0.3 is 0 Å². The van der Waals surface area contributed by atoms with Gasteiger partial charge in [-0.2, -0.15) is 0 Å². The lowest BCUT2D eigenvalue weighted by atomic mass is 9.84. The third kappa shape index (κ3) is 4.31. The van der Waals surface area contributed by atoms with Crippen molar-refractivity contribution in [3.05, 3.63) is 34.9 Å². The predicted octanol–water partition coefficient (Wildman–Crippen LogP) is 4.17. The summed E-state index contributed by atoms with van der Waals surface area (Å²) in [6.45, 7) is 10.9. The van der Waals surface area contributed by atoms with Crippen molar-refractivity contribution in [3.63, 3.8) is 0 Å². The first kappa shape index (κ1) is 16.5. The molecule has 0 saturated carbocycles. The topological polar surface area (TPSA) is 21.3 Å². The van der Waals surface area contributed by atoms with Crippen LogP contribution in [0.15, 0.2) is 18.2 Å². The second-order valence-electron chi connectivity index (χ2n) is 6.75. The molecule has 2 heteroatoms. The molecule has 1 N–H and O–H groups in total. The molecule has 0 bridgehead atoms. The van der Waals surface area contributed by atoms with Crippen LogP contribution in [0.25, 0.3) is 0 Å². The molecule has 0 aliphatic carbocycles. The second kappa shape index (κ2) is 7.42. The van der Waals surface area contributed by atoms with Gasteiger partial charge in [0.15, 0.2) is 0 Å². The molecule has 1 fully saturated rings. The first-order valence-electron chi connectivity index (χ1n) is 8.48. The number of ether oxygens (including phenoxy) is 1. The van der Waals surface area contributed by atoms with Crippen LogP contribution in [0.3, 0.4) is 0 Å². The first-order chi connectivity index (χ1) is 10.0. The van der Waals surface area contributed by atoms with Crippen LogP contribution in [0.4, 0.5) is 0 Å². The summed E-state index contributed by atoms with van der Waals surface area (Å²) < 4.78 is 6.19. The number of aryl methyl sites for hydroxylation is 2. The average molecular weight is 289 g/mol. The number of hydrogen-bond donors (Lipinski definition) is 1. The maximum absolute atomic E-state index is 6.19. The van der Waals surface area contributed by atoms with Crippen LogP contribution in [0.5, 0.6) is 0 Å². The van der Waals surface area contributed by atoms with Gasteiger partial charge in [-0.15, -0.1) is 0 Å². The van der Waals surface area contributed by atoms with Crippen LogP contribution in [-0.4, -0.2) is 24.8 Å². The van der Waals surface area contributed by atoms with Crippen molar-refractivity contribution in [2.45, 2.75) is 71.4 Å². The molecule has 0 spiro atoms. The summed E-state index contributed by atoms with van der Waals surface area (Å²) in [7, 11) is 0. The summed E-state index contributed by atoms with van der Waals surface area (Å²) in [5, 5.41) is 3.74. The maximum atomic E-state index is 6.19. The van der Waals surface area contributed by atoms with Crippen LogP contribution in [0.1, 0.15) is 56.2 Å². The fourth-order valence-electron chi connectivity index (χ4n) is 3.22. The lowest BCUT2D eigenvalue weighted by molar-refractivity contribution is -0.0883. The molecular formula is C19H31NO. The molecule has 1 heterocycles. The Morgan fingerprint density at radius 2 is 2.05 bits per heavy atom. The summed E-state index contributed by atoms with van der Waals surface area (Å²) >= 11 is 0. The zero-order valence-electron chi connectivity index (χ0n) is 14.2. The van der Waals surface area contributed by atoms with E-state index >= 15 is 0 Å². The van der Waals surface area contributed by atoms with Crippen LogP contribution in [-0.2, 0) is 11.2 Å². The Bertz CT molecular complexity index is 449. The summed E-state index contributed by atoms with van der Waals surface area (Å²) in [6.07, 6.45) is 5.88. The number of hydrogen-bond acceptors (Lipinski definition) is 2. The van der Waals surface area contributed by atoms with Crippen LogP contribution in [0.2, 0.25) is 0 Å². The summed E-state index contributed by atoms with van der Waals surface area (Å²) in [5.41, 5.74) is 4.15. The Labute approximate surface area is 130 Å². The number of nitrogens with one attached hydrogen (secondary N) is 1. The average Bonchev–Trinajstić information content (AvgIpc) is 2.47. The molecule has 2 nitrogen and oxygen atoms in total. The molecule has 1 aliphatic rings. The Balaban J connectivity index is 2.13. The molecule has 1 aromatic rings. The van der Waals surface area contributed by atoms with E-state index in [0.29, 0.717) is 6.04 Å². The molecule has 1 aromatic carbocycles. The molecule has 0 aromatic heterocycles. The molecule has 118 valence electrons. The van der Waals surface area contributed by atoms with Gasteiger partial charge in [-0.1, -0.05) is 25.1 Å². The van der Waals surface area contributed by atoms with E-state index in [0.717, 1.165) is 19.6 Å². The first-order valence-corrected chi connectivity index (χ1v) is 8.48. The smallest absolute Gasteiger partial charge is 0.0810 e. The quantitative estimate of drug-likeness (QED) is 0.848. The highest BCUT2D eigenvalue weighted by atomic mass is 16.5. The van der Waals surface area contributed by atoms with Gasteiger partial charge in [0.05, 0.1) is 5.60 Å². The van der Waals surface area contributed by atoms with E-state index in [1.165, 1.54) is 42.4 Å². The standard InChI is InChI=1S/C19H31NO/c1-5-11-20-18(19(4)10-6-7-12-21-19)14-17-9-8-15(2)16(3)13-17/h8-9,13,18,20H,5-7,10-12,14H2,1-4H3. The minimum absolute atomic E-state index is 0.0216. The third-order valence-corrected chi connectivity index (χ3v) is 4.89. The van der Waals surface area contributed by atoms with E-state index in [1.807, 2.05) is 0 Å². The molecule has 2 unspecified atom stereocenters. The molecule has 2 atom stereocenters. The van der Waals surface area contributed by atoms with Gasteiger partial charge in [-0.05, 0) is 76.1 Å². The summed E-state index contributed by atoms with van der Waals surface area (Å²) in [4.78, 5) is 0. The summed E-state index contributed by atoms with van der Waals surface area (Å²) in [5.74, 6) is 0. The van der Waals surface area contributed by atoms with E-state index in [2.05, 4.69) is 51.2 Å². The van der Waals surface area contributed by atoms with Gasteiger partial charge in [0.2, 0.25) is 0 Å². The highest BCUT2D eigenvalue weighted by Gasteiger charge is 2.36. The fourth-order valence-corrected chi connectivity index (χ4v) is 3.22. The van der Waals surface area contributed by atoms with Gasteiger partial charge in [0.1, 0.15) is 0 Å². The zero-order chi connectivity index (χ0) is 15.3. The molecule has 2 rings (SSSR count). The van der Waals surface area contributed by atoms with E-state index < -0.39 is 0 Å². The van der Waals surface area contributed by atoms with Crippen molar-refractivity contribution in [1.82, 2.24) is 5.32 Å². The molecular weight excluding hydrogens is 258 g/mol. The van der Waals surface area contributed by atoms with Gasteiger partial charge < -0.3 is 10.1 Å². The molecule has 0 radical (unpaired) electrons. The highest BCUT2D eigenvalue weighted by molar-refractivity contribution is 5.30. The van der Waals surface area contributed by atoms with Crippen LogP contribution >= 0.6 is 0 Å². The van der Waals surface area contributed by atoms with E-state index in [-0.39, 0.29) is 5.60 Å². The highest BCUT2D eigenvalue weighted by Crippen LogP contribution is 2.30. The maximum Gasteiger partial charge on any atom is 0.0810 e.